The highest BCUT2D eigenvalue weighted by Gasteiger charge is 2.10. The lowest BCUT2D eigenvalue weighted by atomic mass is 10.1. The lowest BCUT2D eigenvalue weighted by Crippen LogP contribution is -2.26. The van der Waals surface area contributed by atoms with Crippen LogP contribution in [0.1, 0.15) is 16.2 Å². The van der Waals surface area contributed by atoms with Gasteiger partial charge < -0.3 is 14.9 Å². The zero-order valence-electron chi connectivity index (χ0n) is 11.1. The molecule has 0 atom stereocenters. The van der Waals surface area contributed by atoms with Gasteiger partial charge in [0.2, 0.25) is 0 Å². The molecule has 0 saturated heterocycles. The van der Waals surface area contributed by atoms with E-state index in [1.165, 1.54) is 0 Å². The van der Waals surface area contributed by atoms with Crippen LogP contribution in [0.25, 0.3) is 10.9 Å². The van der Waals surface area contributed by atoms with Crippen LogP contribution in [0.3, 0.4) is 0 Å². The molecule has 3 aromatic rings. The molecule has 0 aliphatic carbocycles. The Morgan fingerprint density at radius 2 is 2.30 bits per heavy atom. The molecule has 0 radical (unpaired) electrons. The summed E-state index contributed by atoms with van der Waals surface area (Å²) in [6.07, 6.45) is 4.14. The average molecular weight is 269 g/mol. The van der Waals surface area contributed by atoms with Gasteiger partial charge in [0, 0.05) is 31.6 Å². The maximum absolute atomic E-state index is 12.2. The summed E-state index contributed by atoms with van der Waals surface area (Å²) in [6, 6.07) is 7.62. The van der Waals surface area contributed by atoms with Crippen LogP contribution in [-0.4, -0.2) is 32.2 Å². The van der Waals surface area contributed by atoms with Crippen molar-refractivity contribution in [3.8, 4) is 0 Å². The number of aromatic nitrogens is 4. The number of nitrogens with one attached hydrogen (secondary N) is 2. The lowest BCUT2D eigenvalue weighted by Gasteiger charge is -2.06. The van der Waals surface area contributed by atoms with E-state index >= 15 is 0 Å². The van der Waals surface area contributed by atoms with Crippen LogP contribution in [0.2, 0.25) is 0 Å². The van der Waals surface area contributed by atoms with E-state index in [2.05, 4.69) is 20.5 Å². The molecule has 2 heterocycles. The molecule has 0 bridgehead atoms. The Balaban J connectivity index is 1.68. The Labute approximate surface area is 115 Å². The Morgan fingerprint density at radius 3 is 3.10 bits per heavy atom. The molecule has 2 N–H and O–H groups in total. The number of rotatable bonds is 4. The van der Waals surface area contributed by atoms with Crippen molar-refractivity contribution < 1.29 is 4.79 Å². The van der Waals surface area contributed by atoms with E-state index in [9.17, 15) is 4.79 Å². The van der Waals surface area contributed by atoms with Crippen LogP contribution < -0.4 is 5.32 Å². The summed E-state index contributed by atoms with van der Waals surface area (Å²) in [5.74, 6) is 0.767. The van der Waals surface area contributed by atoms with Crippen LogP contribution in [0, 0.1) is 0 Å². The van der Waals surface area contributed by atoms with Crippen molar-refractivity contribution in [1.29, 1.82) is 0 Å². The van der Waals surface area contributed by atoms with Crippen LogP contribution in [-0.2, 0) is 13.5 Å². The molecular weight excluding hydrogens is 254 g/mol. The zero-order chi connectivity index (χ0) is 13.9. The van der Waals surface area contributed by atoms with Gasteiger partial charge in [-0.15, -0.1) is 10.2 Å². The third kappa shape index (κ3) is 2.27. The van der Waals surface area contributed by atoms with Gasteiger partial charge in [-0.2, -0.15) is 0 Å². The normalized spacial score (nSPS) is 10.8. The van der Waals surface area contributed by atoms with Gasteiger partial charge >= 0.3 is 0 Å². The number of fused-ring (bicyclic) bond motifs is 1. The van der Waals surface area contributed by atoms with Crippen molar-refractivity contribution in [2.24, 2.45) is 7.05 Å². The number of hydrogen-bond donors (Lipinski definition) is 2. The largest absolute Gasteiger partial charge is 0.361 e. The van der Waals surface area contributed by atoms with Crippen molar-refractivity contribution in [2.45, 2.75) is 6.42 Å². The van der Waals surface area contributed by atoms with E-state index in [0.717, 1.165) is 16.7 Å². The topological polar surface area (TPSA) is 75.6 Å². The average Bonchev–Trinajstić information content (AvgIpc) is 3.07. The van der Waals surface area contributed by atoms with Crippen molar-refractivity contribution in [3.05, 3.63) is 48.2 Å². The first-order chi connectivity index (χ1) is 9.75. The molecule has 0 aliphatic rings. The fourth-order valence-electron chi connectivity index (χ4n) is 2.19. The predicted octanol–water partition coefficient (Wildman–Crippen LogP) is 1.27. The molecule has 6 nitrogen and oxygen atoms in total. The van der Waals surface area contributed by atoms with Gasteiger partial charge in [0.25, 0.3) is 5.91 Å². The summed E-state index contributed by atoms with van der Waals surface area (Å²) >= 11 is 0. The van der Waals surface area contributed by atoms with Crippen LogP contribution in [0.5, 0.6) is 0 Å². The summed E-state index contributed by atoms with van der Waals surface area (Å²) in [6.45, 7) is 0.530. The van der Waals surface area contributed by atoms with E-state index in [4.69, 9.17) is 0 Å². The molecule has 1 amide bonds. The van der Waals surface area contributed by atoms with E-state index in [1.807, 2.05) is 42.1 Å². The third-order valence-corrected chi connectivity index (χ3v) is 3.27. The van der Waals surface area contributed by atoms with Crippen molar-refractivity contribution in [2.75, 3.05) is 6.54 Å². The number of nitrogens with zero attached hydrogens (tertiary/aromatic N) is 3. The highest BCUT2D eigenvalue weighted by molar-refractivity contribution is 6.05. The van der Waals surface area contributed by atoms with Gasteiger partial charge in [0.15, 0.2) is 0 Å². The molecule has 0 fully saturated rings. The van der Waals surface area contributed by atoms with Gasteiger partial charge in [-0.25, -0.2) is 0 Å². The number of amides is 1. The summed E-state index contributed by atoms with van der Waals surface area (Å²) in [5, 5.41) is 11.7. The Bertz CT molecular complexity index is 743. The first-order valence-corrected chi connectivity index (χ1v) is 6.43. The molecule has 3 rings (SSSR count). The molecule has 2 aromatic heterocycles. The zero-order valence-corrected chi connectivity index (χ0v) is 11.1. The Hall–Kier alpha value is -2.63. The second-order valence-corrected chi connectivity index (χ2v) is 4.61. The van der Waals surface area contributed by atoms with Gasteiger partial charge in [-0.05, 0) is 12.1 Å². The van der Waals surface area contributed by atoms with Crippen LogP contribution in [0.15, 0.2) is 36.8 Å². The highest BCUT2D eigenvalue weighted by atomic mass is 16.1. The number of H-pyrrole nitrogens is 1. The van der Waals surface area contributed by atoms with Crippen LogP contribution in [0.4, 0.5) is 0 Å². The van der Waals surface area contributed by atoms with Gasteiger partial charge in [0.1, 0.15) is 12.2 Å². The fourth-order valence-corrected chi connectivity index (χ4v) is 2.19. The number of para-hydroxylation sites is 1. The number of aromatic amines is 1. The van der Waals surface area contributed by atoms with E-state index in [1.54, 1.807) is 6.33 Å². The minimum absolute atomic E-state index is 0.0831. The van der Waals surface area contributed by atoms with E-state index in [0.29, 0.717) is 18.5 Å². The number of carbonyl (C=O) groups is 1. The monoisotopic (exact) mass is 269 g/mol. The maximum Gasteiger partial charge on any atom is 0.253 e. The first-order valence-electron chi connectivity index (χ1n) is 6.43. The van der Waals surface area contributed by atoms with E-state index in [-0.39, 0.29) is 5.91 Å². The maximum atomic E-state index is 12.2. The molecule has 0 aliphatic heterocycles. The highest BCUT2D eigenvalue weighted by Crippen LogP contribution is 2.16. The van der Waals surface area contributed by atoms with Crippen molar-refractivity contribution in [3.63, 3.8) is 0 Å². The molecular formula is C14H15N5O. The number of hydrogen-bond acceptors (Lipinski definition) is 3. The SMILES string of the molecule is Cn1cnnc1CCNC(=O)c1cccc2cc[nH]c12. The van der Waals surface area contributed by atoms with Gasteiger partial charge in [-0.1, -0.05) is 12.1 Å². The number of carbonyl (C=O) groups excluding carboxylic acids is 1. The third-order valence-electron chi connectivity index (χ3n) is 3.27. The smallest absolute Gasteiger partial charge is 0.253 e. The first kappa shape index (κ1) is 12.4. The number of aryl methyl sites for hydroxylation is 1. The minimum Gasteiger partial charge on any atom is -0.361 e. The summed E-state index contributed by atoms with van der Waals surface area (Å²) in [4.78, 5) is 15.3. The minimum atomic E-state index is -0.0831. The Morgan fingerprint density at radius 1 is 1.40 bits per heavy atom. The molecule has 1 aromatic carbocycles. The summed E-state index contributed by atoms with van der Waals surface area (Å²) in [5.41, 5.74) is 1.52. The lowest BCUT2D eigenvalue weighted by molar-refractivity contribution is 0.0955. The van der Waals surface area contributed by atoms with Gasteiger partial charge in [-0.3, -0.25) is 4.79 Å². The molecule has 102 valence electrons. The molecule has 0 saturated carbocycles. The second kappa shape index (κ2) is 5.16. The van der Waals surface area contributed by atoms with Crippen LogP contribution >= 0.6 is 0 Å². The molecule has 20 heavy (non-hydrogen) atoms. The van der Waals surface area contributed by atoms with Crippen molar-refractivity contribution in [1.82, 2.24) is 25.1 Å². The quantitative estimate of drug-likeness (QED) is 0.749. The molecule has 0 unspecified atom stereocenters. The molecule has 6 heteroatoms. The summed E-state index contributed by atoms with van der Waals surface area (Å²) in [7, 11) is 1.89. The predicted molar refractivity (Wildman–Crippen MR) is 75.3 cm³/mol. The fraction of sp³-hybridized carbons (Fsp3) is 0.214. The van der Waals surface area contributed by atoms with Gasteiger partial charge in [0.05, 0.1) is 11.1 Å². The second-order valence-electron chi connectivity index (χ2n) is 4.61. The standard InChI is InChI=1S/C14H15N5O/c1-19-9-17-18-12(19)6-8-16-14(20)11-4-2-3-10-5-7-15-13(10)11/h2-5,7,9,15H,6,8H2,1H3,(H,16,20). The van der Waals surface area contributed by atoms with Crippen molar-refractivity contribution >= 4 is 16.8 Å². The Kier molecular flexibility index (Phi) is 3.20. The van der Waals surface area contributed by atoms with E-state index < -0.39 is 0 Å². The molecule has 0 spiro atoms. The summed E-state index contributed by atoms with van der Waals surface area (Å²) < 4.78 is 1.85. The number of benzene rings is 1.